The second kappa shape index (κ2) is 7.90. The fourth-order valence-corrected chi connectivity index (χ4v) is 2.56. The number of alkyl halides is 3. The molecule has 2 nitrogen and oxygen atoms in total. The Morgan fingerprint density at radius 1 is 1.35 bits per heavy atom. The van der Waals surface area contributed by atoms with Gasteiger partial charge in [-0.2, -0.15) is 13.2 Å². The van der Waals surface area contributed by atoms with Crippen LogP contribution in [0.1, 0.15) is 31.9 Å². The summed E-state index contributed by atoms with van der Waals surface area (Å²) >= 11 is 1.01. The van der Waals surface area contributed by atoms with Crippen LogP contribution in [0.4, 0.5) is 13.2 Å². The molecule has 0 saturated heterocycles. The van der Waals surface area contributed by atoms with Gasteiger partial charge in [-0.05, 0) is 37.6 Å². The van der Waals surface area contributed by atoms with E-state index in [0.717, 1.165) is 35.2 Å². The summed E-state index contributed by atoms with van der Waals surface area (Å²) in [4.78, 5) is 0.732. The van der Waals surface area contributed by atoms with Crippen LogP contribution in [0.5, 0.6) is 0 Å². The van der Waals surface area contributed by atoms with Crippen molar-refractivity contribution < 1.29 is 18.3 Å². The molecule has 0 saturated carbocycles. The normalized spacial score (nSPS) is 15.1. The molecule has 20 heavy (non-hydrogen) atoms. The number of thioether (sulfide) groups is 1. The fraction of sp³-hybridized carbons (Fsp3) is 0.571. The van der Waals surface area contributed by atoms with Gasteiger partial charge in [-0.1, -0.05) is 19.1 Å². The standard InChI is InChI=1S/C14H20F3NOS/c1-3-7-18-10(2)11-5-4-6-12(8-11)20-9-13(19)14(15,16)17/h4-6,8,10,13,18-19H,3,7,9H2,1-2H3. The van der Waals surface area contributed by atoms with Crippen LogP contribution in [0.3, 0.4) is 0 Å². The summed E-state index contributed by atoms with van der Waals surface area (Å²) in [5.74, 6) is -0.385. The molecule has 2 atom stereocenters. The first-order valence-corrected chi connectivity index (χ1v) is 7.54. The first-order chi connectivity index (χ1) is 9.34. The van der Waals surface area contributed by atoms with Crippen LogP contribution in [0, 0.1) is 0 Å². The van der Waals surface area contributed by atoms with Gasteiger partial charge >= 0.3 is 6.18 Å². The maximum Gasteiger partial charge on any atom is 0.415 e. The van der Waals surface area contributed by atoms with Crippen LogP contribution in [0.15, 0.2) is 29.2 Å². The summed E-state index contributed by atoms with van der Waals surface area (Å²) in [6, 6.07) is 7.53. The predicted molar refractivity (Wildman–Crippen MR) is 75.9 cm³/mol. The Bertz CT molecular complexity index is 412. The molecule has 114 valence electrons. The zero-order chi connectivity index (χ0) is 15.2. The molecule has 0 spiro atoms. The fourth-order valence-electron chi connectivity index (χ4n) is 1.62. The lowest BCUT2D eigenvalue weighted by molar-refractivity contribution is -0.195. The molecule has 0 aliphatic carbocycles. The van der Waals surface area contributed by atoms with Crippen molar-refractivity contribution in [3.63, 3.8) is 0 Å². The van der Waals surface area contributed by atoms with E-state index in [1.807, 2.05) is 25.1 Å². The number of hydrogen-bond acceptors (Lipinski definition) is 3. The van der Waals surface area contributed by atoms with Crippen molar-refractivity contribution in [2.75, 3.05) is 12.3 Å². The minimum absolute atomic E-state index is 0.156. The summed E-state index contributed by atoms with van der Waals surface area (Å²) < 4.78 is 36.7. The molecule has 6 heteroatoms. The Hall–Kier alpha value is -0.720. The highest BCUT2D eigenvalue weighted by Crippen LogP contribution is 2.28. The number of benzene rings is 1. The SMILES string of the molecule is CCCNC(C)c1cccc(SCC(O)C(F)(F)F)c1. The minimum Gasteiger partial charge on any atom is -0.383 e. The van der Waals surface area contributed by atoms with Crippen LogP contribution in [-0.2, 0) is 0 Å². The molecular formula is C14H20F3NOS. The van der Waals surface area contributed by atoms with E-state index >= 15 is 0 Å². The first kappa shape index (κ1) is 17.3. The van der Waals surface area contributed by atoms with Crippen LogP contribution in [0.25, 0.3) is 0 Å². The number of nitrogens with one attached hydrogen (secondary N) is 1. The van der Waals surface area contributed by atoms with Crippen molar-refractivity contribution >= 4 is 11.8 Å². The predicted octanol–water partition coefficient (Wildman–Crippen LogP) is 3.76. The molecule has 1 rings (SSSR count). The molecule has 2 unspecified atom stereocenters. The zero-order valence-corrected chi connectivity index (χ0v) is 12.4. The monoisotopic (exact) mass is 307 g/mol. The molecule has 1 aromatic rings. The Morgan fingerprint density at radius 3 is 2.65 bits per heavy atom. The Labute approximate surface area is 121 Å². The largest absolute Gasteiger partial charge is 0.415 e. The molecule has 0 aliphatic rings. The Morgan fingerprint density at radius 2 is 2.05 bits per heavy atom. The number of aliphatic hydroxyl groups is 1. The molecule has 0 bridgehead atoms. The summed E-state index contributed by atoms with van der Waals surface area (Å²) in [5, 5.41) is 12.3. The van der Waals surface area contributed by atoms with Crippen molar-refractivity contribution in [2.24, 2.45) is 0 Å². The van der Waals surface area contributed by atoms with Crippen molar-refractivity contribution in [2.45, 2.75) is 43.5 Å². The third-order valence-corrected chi connectivity index (χ3v) is 3.91. The van der Waals surface area contributed by atoms with E-state index < -0.39 is 12.3 Å². The van der Waals surface area contributed by atoms with E-state index in [-0.39, 0.29) is 11.8 Å². The van der Waals surface area contributed by atoms with Crippen molar-refractivity contribution in [3.05, 3.63) is 29.8 Å². The lowest BCUT2D eigenvalue weighted by Gasteiger charge is -2.16. The number of hydrogen-bond donors (Lipinski definition) is 2. The molecule has 0 amide bonds. The van der Waals surface area contributed by atoms with Gasteiger partial charge in [-0.15, -0.1) is 11.8 Å². The Kier molecular flexibility index (Phi) is 6.85. The molecule has 0 fully saturated rings. The van der Waals surface area contributed by atoms with Crippen molar-refractivity contribution in [1.82, 2.24) is 5.32 Å². The summed E-state index contributed by atoms with van der Waals surface area (Å²) in [6.07, 6.45) is -5.82. The highest BCUT2D eigenvalue weighted by molar-refractivity contribution is 7.99. The second-order valence-corrected chi connectivity index (χ2v) is 5.71. The van der Waals surface area contributed by atoms with Gasteiger partial charge in [0.15, 0.2) is 6.10 Å². The lowest BCUT2D eigenvalue weighted by Crippen LogP contribution is -2.30. The van der Waals surface area contributed by atoms with Crippen molar-refractivity contribution in [1.29, 1.82) is 0 Å². The molecule has 0 radical (unpaired) electrons. The Balaban J connectivity index is 2.60. The summed E-state index contributed by atoms with van der Waals surface area (Å²) in [7, 11) is 0. The molecule has 0 aliphatic heterocycles. The smallest absolute Gasteiger partial charge is 0.383 e. The lowest BCUT2D eigenvalue weighted by atomic mass is 10.1. The van der Waals surface area contributed by atoms with Gasteiger partial charge in [0, 0.05) is 16.7 Å². The maximum atomic E-state index is 12.2. The van der Waals surface area contributed by atoms with E-state index in [0.29, 0.717) is 0 Å². The van der Waals surface area contributed by atoms with Crippen LogP contribution >= 0.6 is 11.8 Å². The van der Waals surface area contributed by atoms with E-state index in [4.69, 9.17) is 5.11 Å². The van der Waals surface area contributed by atoms with Gasteiger partial charge in [0.1, 0.15) is 0 Å². The van der Waals surface area contributed by atoms with E-state index in [9.17, 15) is 13.2 Å². The summed E-state index contributed by atoms with van der Waals surface area (Å²) in [6.45, 7) is 4.99. The molecule has 1 aromatic carbocycles. The molecule has 0 heterocycles. The minimum atomic E-state index is -4.55. The van der Waals surface area contributed by atoms with Crippen molar-refractivity contribution in [3.8, 4) is 0 Å². The van der Waals surface area contributed by atoms with Gasteiger partial charge in [-0.25, -0.2) is 0 Å². The highest BCUT2D eigenvalue weighted by atomic mass is 32.2. The van der Waals surface area contributed by atoms with Crippen LogP contribution in [-0.4, -0.2) is 29.7 Å². The third kappa shape index (κ3) is 5.73. The van der Waals surface area contributed by atoms with Gasteiger partial charge in [0.05, 0.1) is 0 Å². The van der Waals surface area contributed by atoms with Gasteiger partial charge in [0.25, 0.3) is 0 Å². The number of halogens is 3. The second-order valence-electron chi connectivity index (χ2n) is 4.62. The topological polar surface area (TPSA) is 32.3 Å². The molecular weight excluding hydrogens is 287 g/mol. The first-order valence-electron chi connectivity index (χ1n) is 6.55. The van der Waals surface area contributed by atoms with Gasteiger partial charge < -0.3 is 10.4 Å². The average molecular weight is 307 g/mol. The van der Waals surface area contributed by atoms with Crippen LogP contribution in [0.2, 0.25) is 0 Å². The summed E-state index contributed by atoms with van der Waals surface area (Å²) in [5.41, 5.74) is 1.03. The van der Waals surface area contributed by atoms with E-state index in [1.165, 1.54) is 0 Å². The van der Waals surface area contributed by atoms with Gasteiger partial charge in [-0.3, -0.25) is 0 Å². The van der Waals surface area contributed by atoms with E-state index in [1.54, 1.807) is 6.07 Å². The third-order valence-electron chi connectivity index (χ3n) is 2.84. The number of rotatable bonds is 7. The quantitative estimate of drug-likeness (QED) is 0.752. The average Bonchev–Trinajstić information content (AvgIpc) is 2.41. The van der Waals surface area contributed by atoms with Gasteiger partial charge in [0.2, 0.25) is 0 Å². The molecule has 0 aromatic heterocycles. The van der Waals surface area contributed by atoms with E-state index in [2.05, 4.69) is 12.2 Å². The highest BCUT2D eigenvalue weighted by Gasteiger charge is 2.37. The molecule has 2 N–H and O–H groups in total. The number of aliphatic hydroxyl groups excluding tert-OH is 1. The van der Waals surface area contributed by atoms with Crippen LogP contribution < -0.4 is 5.32 Å². The maximum absolute atomic E-state index is 12.2. The zero-order valence-electron chi connectivity index (χ0n) is 11.6.